The maximum atomic E-state index is 10.9. The van der Waals surface area contributed by atoms with Crippen LogP contribution >= 0.6 is 0 Å². The first-order chi connectivity index (χ1) is 7.06. The van der Waals surface area contributed by atoms with Crippen molar-refractivity contribution < 1.29 is 24.2 Å². The van der Waals surface area contributed by atoms with Gasteiger partial charge in [0, 0.05) is 18.6 Å². The number of carboxylic acid groups (broad SMARTS) is 1. The number of unbranched alkanes of at least 4 members (excludes halogenated alkanes) is 2. The van der Waals surface area contributed by atoms with E-state index in [0.717, 1.165) is 12.8 Å². The van der Waals surface area contributed by atoms with E-state index >= 15 is 0 Å². The van der Waals surface area contributed by atoms with Gasteiger partial charge < -0.3 is 9.84 Å². The van der Waals surface area contributed by atoms with E-state index in [9.17, 15) is 14.4 Å². The Morgan fingerprint density at radius 3 is 2.40 bits per heavy atom. The van der Waals surface area contributed by atoms with Gasteiger partial charge in [-0.1, -0.05) is 19.8 Å². The second-order valence-corrected chi connectivity index (χ2v) is 2.78. The van der Waals surface area contributed by atoms with Gasteiger partial charge in [-0.25, -0.2) is 9.59 Å². The molecule has 0 rings (SSSR count). The summed E-state index contributed by atoms with van der Waals surface area (Å²) < 4.78 is 4.30. The number of aliphatic carboxylic acids is 1. The molecule has 0 spiro atoms. The minimum atomic E-state index is -1.27. The molecule has 0 saturated carbocycles. The SMILES string of the molecule is [CH2]CCCCC(=O)OC(=O)/C=C\C(=O)O. The Kier molecular flexibility index (Phi) is 6.88. The van der Waals surface area contributed by atoms with Gasteiger partial charge >= 0.3 is 17.9 Å². The number of carbonyl (C=O) groups is 3. The van der Waals surface area contributed by atoms with Gasteiger partial charge in [-0.15, -0.1) is 0 Å². The summed E-state index contributed by atoms with van der Waals surface area (Å²) in [5, 5.41) is 8.18. The number of carboxylic acids is 1. The molecule has 0 fully saturated rings. The highest BCUT2D eigenvalue weighted by Crippen LogP contribution is 2.00. The molecule has 0 amide bonds. The molecule has 0 saturated heterocycles. The predicted octanol–water partition coefficient (Wildman–Crippen LogP) is 1.09. The molecule has 1 radical (unpaired) electrons. The predicted molar refractivity (Wildman–Crippen MR) is 51.7 cm³/mol. The summed E-state index contributed by atoms with van der Waals surface area (Å²) in [6.45, 7) is 3.60. The van der Waals surface area contributed by atoms with Crippen molar-refractivity contribution in [1.29, 1.82) is 0 Å². The maximum Gasteiger partial charge on any atom is 0.338 e. The number of rotatable bonds is 6. The van der Waals surface area contributed by atoms with Gasteiger partial charge in [-0.3, -0.25) is 4.79 Å². The molecule has 0 aliphatic rings. The number of ether oxygens (including phenoxy) is 1. The Hall–Kier alpha value is -1.65. The van der Waals surface area contributed by atoms with Crippen molar-refractivity contribution in [3.63, 3.8) is 0 Å². The minimum Gasteiger partial charge on any atom is -0.478 e. The molecule has 5 heteroatoms. The van der Waals surface area contributed by atoms with Crippen LogP contribution in [0.3, 0.4) is 0 Å². The van der Waals surface area contributed by atoms with Crippen LogP contribution < -0.4 is 0 Å². The summed E-state index contributed by atoms with van der Waals surface area (Å²) in [7, 11) is 0. The lowest BCUT2D eigenvalue weighted by Crippen LogP contribution is -2.10. The highest BCUT2D eigenvalue weighted by Gasteiger charge is 2.07. The zero-order chi connectivity index (χ0) is 11.7. The highest BCUT2D eigenvalue weighted by atomic mass is 16.6. The van der Waals surface area contributed by atoms with E-state index in [1.165, 1.54) is 0 Å². The lowest BCUT2D eigenvalue weighted by molar-refractivity contribution is -0.156. The Morgan fingerprint density at radius 1 is 1.20 bits per heavy atom. The Balaban J connectivity index is 3.76. The fraction of sp³-hybridized carbons (Fsp3) is 0.400. The van der Waals surface area contributed by atoms with E-state index in [2.05, 4.69) is 11.7 Å². The van der Waals surface area contributed by atoms with Crippen molar-refractivity contribution in [1.82, 2.24) is 0 Å². The number of esters is 2. The van der Waals surface area contributed by atoms with E-state index < -0.39 is 17.9 Å². The van der Waals surface area contributed by atoms with Gasteiger partial charge in [0.1, 0.15) is 0 Å². The molecule has 0 aromatic rings. The monoisotopic (exact) mass is 213 g/mol. The summed E-state index contributed by atoms with van der Waals surface area (Å²) in [5.74, 6) is -2.88. The van der Waals surface area contributed by atoms with Crippen LogP contribution in [-0.4, -0.2) is 23.0 Å². The normalized spacial score (nSPS) is 10.2. The molecular formula is C10H13O5. The Bertz CT molecular complexity index is 267. The Labute approximate surface area is 87.7 Å². The summed E-state index contributed by atoms with van der Waals surface area (Å²) in [5.41, 5.74) is 0. The van der Waals surface area contributed by atoms with Gasteiger partial charge in [0.05, 0.1) is 0 Å². The van der Waals surface area contributed by atoms with Crippen LogP contribution in [0.4, 0.5) is 0 Å². The standard InChI is InChI=1S/C10H13O5/c1-2-3-4-5-9(13)15-10(14)7-6-8(11)12/h6-7H,1-5H2,(H,11,12)/b7-6-. The molecule has 83 valence electrons. The van der Waals surface area contributed by atoms with Gasteiger partial charge in [0.2, 0.25) is 0 Å². The average molecular weight is 213 g/mol. The molecule has 0 bridgehead atoms. The van der Waals surface area contributed by atoms with Crippen LogP contribution in [0.15, 0.2) is 12.2 Å². The first-order valence-electron chi connectivity index (χ1n) is 4.51. The van der Waals surface area contributed by atoms with Gasteiger partial charge in [0.15, 0.2) is 0 Å². The summed E-state index contributed by atoms with van der Waals surface area (Å²) in [4.78, 5) is 31.7. The van der Waals surface area contributed by atoms with Crippen molar-refractivity contribution in [3.05, 3.63) is 19.1 Å². The molecule has 15 heavy (non-hydrogen) atoms. The lowest BCUT2D eigenvalue weighted by Gasteiger charge is -1.98. The maximum absolute atomic E-state index is 10.9. The summed E-state index contributed by atoms with van der Waals surface area (Å²) in [6.07, 6.45) is 3.57. The first-order valence-corrected chi connectivity index (χ1v) is 4.51. The fourth-order valence-electron chi connectivity index (χ4n) is 0.783. The number of hydrogen-bond donors (Lipinski definition) is 1. The van der Waals surface area contributed by atoms with Gasteiger partial charge in [0.25, 0.3) is 0 Å². The van der Waals surface area contributed by atoms with E-state index in [-0.39, 0.29) is 6.42 Å². The second kappa shape index (κ2) is 7.73. The molecule has 1 N–H and O–H groups in total. The molecule has 0 aliphatic carbocycles. The number of carbonyl (C=O) groups excluding carboxylic acids is 2. The molecule has 0 aromatic heterocycles. The van der Waals surface area contributed by atoms with Crippen molar-refractivity contribution in [2.75, 3.05) is 0 Å². The first kappa shape index (κ1) is 13.4. The lowest BCUT2D eigenvalue weighted by atomic mass is 10.2. The van der Waals surface area contributed by atoms with E-state index in [4.69, 9.17) is 5.11 Å². The van der Waals surface area contributed by atoms with Crippen molar-refractivity contribution >= 4 is 17.9 Å². The third-order valence-corrected chi connectivity index (χ3v) is 1.46. The van der Waals surface area contributed by atoms with Crippen LogP contribution in [0.2, 0.25) is 0 Å². The highest BCUT2D eigenvalue weighted by molar-refractivity contribution is 5.95. The molecule has 0 aliphatic heterocycles. The third-order valence-electron chi connectivity index (χ3n) is 1.46. The van der Waals surface area contributed by atoms with Crippen molar-refractivity contribution in [2.24, 2.45) is 0 Å². The molecule has 5 nitrogen and oxygen atoms in total. The average Bonchev–Trinajstić information content (AvgIpc) is 2.15. The molecule has 0 heterocycles. The van der Waals surface area contributed by atoms with Crippen LogP contribution in [-0.2, 0) is 19.1 Å². The van der Waals surface area contributed by atoms with Crippen LogP contribution in [0.5, 0.6) is 0 Å². The van der Waals surface area contributed by atoms with E-state index in [0.29, 0.717) is 18.6 Å². The third kappa shape index (κ3) is 8.67. The van der Waals surface area contributed by atoms with Gasteiger partial charge in [-0.2, -0.15) is 0 Å². The van der Waals surface area contributed by atoms with Crippen LogP contribution in [0.1, 0.15) is 25.7 Å². The topological polar surface area (TPSA) is 80.7 Å². The fourth-order valence-corrected chi connectivity index (χ4v) is 0.783. The van der Waals surface area contributed by atoms with E-state index in [1.807, 2.05) is 0 Å². The molecular weight excluding hydrogens is 200 g/mol. The van der Waals surface area contributed by atoms with Crippen LogP contribution in [0, 0.1) is 6.92 Å². The molecule has 0 aromatic carbocycles. The smallest absolute Gasteiger partial charge is 0.338 e. The quantitative estimate of drug-likeness (QED) is 0.309. The number of hydrogen-bond acceptors (Lipinski definition) is 4. The zero-order valence-corrected chi connectivity index (χ0v) is 8.27. The van der Waals surface area contributed by atoms with Crippen LogP contribution in [0.25, 0.3) is 0 Å². The zero-order valence-electron chi connectivity index (χ0n) is 8.27. The van der Waals surface area contributed by atoms with E-state index in [1.54, 1.807) is 0 Å². The van der Waals surface area contributed by atoms with Crippen molar-refractivity contribution in [2.45, 2.75) is 25.7 Å². The second-order valence-electron chi connectivity index (χ2n) is 2.78. The largest absolute Gasteiger partial charge is 0.478 e. The summed E-state index contributed by atoms with van der Waals surface area (Å²) >= 11 is 0. The summed E-state index contributed by atoms with van der Waals surface area (Å²) in [6, 6.07) is 0. The van der Waals surface area contributed by atoms with Gasteiger partial charge in [-0.05, 0) is 6.42 Å². The minimum absolute atomic E-state index is 0.141. The Morgan fingerprint density at radius 2 is 1.87 bits per heavy atom. The molecule has 0 unspecified atom stereocenters. The van der Waals surface area contributed by atoms with Crippen molar-refractivity contribution in [3.8, 4) is 0 Å². The molecule has 0 atom stereocenters.